The van der Waals surface area contributed by atoms with E-state index in [9.17, 15) is 13.2 Å². The largest absolute Gasteiger partial charge is 0.494 e. The molecule has 0 bridgehead atoms. The third-order valence-corrected chi connectivity index (χ3v) is 8.76. The summed E-state index contributed by atoms with van der Waals surface area (Å²) in [6.45, 7) is 9.90. The highest BCUT2D eigenvalue weighted by molar-refractivity contribution is 7.92. The number of sulfonamides is 1. The van der Waals surface area contributed by atoms with Crippen LogP contribution in [-0.4, -0.2) is 52.5 Å². The van der Waals surface area contributed by atoms with E-state index in [1.54, 1.807) is 30.5 Å². The molecule has 1 aromatic heterocycles. The van der Waals surface area contributed by atoms with Crippen LogP contribution in [0.15, 0.2) is 76.7 Å². The Labute approximate surface area is 258 Å². The zero-order chi connectivity index (χ0) is 32.0. The SMILES string of the molecule is CCOc1ccc(N(CC(=O)N/N=C\c2cc(C)n(-c3cc(C)cc(C)c3)c2C)S(=O)(=O)c2ccc(OC)c(OC)c2)cc1. The van der Waals surface area contributed by atoms with E-state index in [-0.39, 0.29) is 16.3 Å². The van der Waals surface area contributed by atoms with Crippen molar-refractivity contribution in [1.29, 1.82) is 0 Å². The first-order valence-electron chi connectivity index (χ1n) is 14.1. The Bertz CT molecular complexity index is 1760. The van der Waals surface area contributed by atoms with Crippen LogP contribution in [0.25, 0.3) is 5.69 Å². The van der Waals surface area contributed by atoms with E-state index in [2.05, 4.69) is 47.1 Å². The fraction of sp³-hybridized carbons (Fsp3) is 0.273. The number of nitrogens with zero attached hydrogens (tertiary/aromatic N) is 3. The molecule has 0 aliphatic rings. The number of hydrogen-bond acceptors (Lipinski definition) is 7. The average molecular weight is 619 g/mol. The van der Waals surface area contributed by atoms with E-state index in [4.69, 9.17) is 14.2 Å². The van der Waals surface area contributed by atoms with E-state index in [1.807, 2.05) is 26.8 Å². The molecule has 1 N–H and O–H groups in total. The molecule has 0 saturated carbocycles. The van der Waals surface area contributed by atoms with E-state index in [0.29, 0.717) is 18.1 Å². The van der Waals surface area contributed by atoms with Gasteiger partial charge in [-0.15, -0.1) is 0 Å². The highest BCUT2D eigenvalue weighted by Crippen LogP contribution is 2.32. The van der Waals surface area contributed by atoms with Crippen molar-refractivity contribution in [2.45, 2.75) is 39.5 Å². The Balaban J connectivity index is 1.60. The van der Waals surface area contributed by atoms with Crippen LogP contribution in [0.4, 0.5) is 5.69 Å². The third kappa shape index (κ3) is 7.05. The van der Waals surface area contributed by atoms with Gasteiger partial charge in [-0.1, -0.05) is 6.07 Å². The summed E-state index contributed by atoms with van der Waals surface area (Å²) < 4.78 is 47.0. The number of rotatable bonds is 12. The number of ether oxygens (including phenoxy) is 3. The molecule has 1 heterocycles. The minimum absolute atomic E-state index is 0.0702. The number of methoxy groups -OCH3 is 2. The van der Waals surface area contributed by atoms with Crippen molar-refractivity contribution < 1.29 is 27.4 Å². The first-order valence-corrected chi connectivity index (χ1v) is 15.5. The van der Waals surface area contributed by atoms with E-state index in [0.717, 1.165) is 38.1 Å². The van der Waals surface area contributed by atoms with Crippen molar-refractivity contribution in [2.75, 3.05) is 31.7 Å². The number of hydrazone groups is 1. The summed E-state index contributed by atoms with van der Waals surface area (Å²) >= 11 is 0. The zero-order valence-corrected chi connectivity index (χ0v) is 26.9. The molecule has 1 amide bonds. The second kappa shape index (κ2) is 13.7. The Hall–Kier alpha value is -4.77. The smallest absolute Gasteiger partial charge is 0.264 e. The lowest BCUT2D eigenvalue weighted by atomic mass is 10.1. The second-order valence-corrected chi connectivity index (χ2v) is 12.1. The lowest BCUT2D eigenvalue weighted by Gasteiger charge is -2.24. The van der Waals surface area contributed by atoms with Crippen molar-refractivity contribution >= 4 is 27.8 Å². The maximum absolute atomic E-state index is 13.9. The summed E-state index contributed by atoms with van der Waals surface area (Å²) in [7, 11) is -1.33. The summed E-state index contributed by atoms with van der Waals surface area (Å²) in [6, 6.07) is 19.1. The molecular formula is C33H38N4O6S. The number of hydrogen-bond donors (Lipinski definition) is 1. The van der Waals surface area contributed by atoms with Crippen LogP contribution in [0.1, 0.15) is 35.0 Å². The standard InChI is InChI=1S/C33H38N4O6S/c1-8-43-29-11-9-27(10-12-29)36(44(39,40)30-13-14-31(41-6)32(19-30)42-7)21-33(38)35-34-20-26-18-24(4)37(25(26)5)28-16-22(2)15-23(3)17-28/h9-20H,8,21H2,1-7H3,(H,35,38)/b34-20-. The number of anilines is 1. The number of carbonyl (C=O) groups excluding carboxylic acids is 1. The maximum Gasteiger partial charge on any atom is 0.264 e. The number of benzene rings is 3. The quantitative estimate of drug-likeness (QED) is 0.167. The number of carbonyl (C=O) groups is 1. The van der Waals surface area contributed by atoms with Crippen LogP contribution < -0.4 is 23.9 Å². The molecule has 10 nitrogen and oxygen atoms in total. The van der Waals surface area contributed by atoms with Gasteiger partial charge in [0, 0.05) is 28.7 Å². The Morgan fingerprint density at radius 3 is 2.18 bits per heavy atom. The molecule has 0 spiro atoms. The summed E-state index contributed by atoms with van der Waals surface area (Å²) in [5.74, 6) is 0.574. The molecule has 11 heteroatoms. The van der Waals surface area contributed by atoms with Crippen LogP contribution in [0.2, 0.25) is 0 Å². The second-order valence-electron chi connectivity index (χ2n) is 10.3. The molecule has 4 rings (SSSR count). The molecule has 0 aliphatic heterocycles. The monoisotopic (exact) mass is 618 g/mol. The van der Waals surface area contributed by atoms with Crippen molar-refractivity contribution in [1.82, 2.24) is 9.99 Å². The molecule has 0 unspecified atom stereocenters. The highest BCUT2D eigenvalue weighted by atomic mass is 32.2. The van der Waals surface area contributed by atoms with Gasteiger partial charge in [0.25, 0.3) is 15.9 Å². The molecule has 4 aromatic rings. The first kappa shape index (κ1) is 32.2. The van der Waals surface area contributed by atoms with E-state index in [1.165, 1.54) is 32.4 Å². The van der Waals surface area contributed by atoms with Gasteiger partial charge in [0.05, 0.1) is 37.6 Å². The zero-order valence-electron chi connectivity index (χ0n) is 26.0. The molecule has 0 radical (unpaired) electrons. The summed E-state index contributed by atoms with van der Waals surface area (Å²) in [6.07, 6.45) is 1.56. The third-order valence-electron chi connectivity index (χ3n) is 6.99. The summed E-state index contributed by atoms with van der Waals surface area (Å²) in [5.41, 5.74) is 8.93. The van der Waals surface area contributed by atoms with Gasteiger partial charge in [-0.3, -0.25) is 9.10 Å². The fourth-order valence-corrected chi connectivity index (χ4v) is 6.47. The van der Waals surface area contributed by atoms with Crippen molar-refractivity contribution in [3.8, 4) is 22.9 Å². The normalized spacial score (nSPS) is 11.4. The van der Waals surface area contributed by atoms with Crippen LogP contribution in [0, 0.1) is 27.7 Å². The van der Waals surface area contributed by atoms with Crippen LogP contribution >= 0.6 is 0 Å². The van der Waals surface area contributed by atoms with Gasteiger partial charge in [-0.2, -0.15) is 5.10 Å². The van der Waals surface area contributed by atoms with Crippen LogP contribution in [-0.2, 0) is 14.8 Å². The highest BCUT2D eigenvalue weighted by Gasteiger charge is 2.28. The predicted octanol–water partition coefficient (Wildman–Crippen LogP) is 5.47. The van der Waals surface area contributed by atoms with Crippen molar-refractivity contribution in [3.63, 3.8) is 0 Å². The molecule has 3 aromatic carbocycles. The van der Waals surface area contributed by atoms with Gasteiger partial charge in [0.1, 0.15) is 12.3 Å². The lowest BCUT2D eigenvalue weighted by molar-refractivity contribution is -0.119. The Morgan fingerprint density at radius 2 is 1.57 bits per heavy atom. The first-order chi connectivity index (χ1) is 21.0. The van der Waals surface area contributed by atoms with Crippen LogP contribution in [0.3, 0.4) is 0 Å². The topological polar surface area (TPSA) is 111 Å². The molecule has 0 atom stereocenters. The van der Waals surface area contributed by atoms with Gasteiger partial charge < -0.3 is 18.8 Å². The molecule has 0 fully saturated rings. The Morgan fingerprint density at radius 1 is 0.909 bits per heavy atom. The van der Waals surface area contributed by atoms with Gasteiger partial charge in [0.2, 0.25) is 0 Å². The van der Waals surface area contributed by atoms with Crippen molar-refractivity contribution in [2.24, 2.45) is 5.10 Å². The van der Waals surface area contributed by atoms with E-state index < -0.39 is 22.5 Å². The maximum atomic E-state index is 13.9. The lowest BCUT2D eigenvalue weighted by Crippen LogP contribution is -2.39. The number of aryl methyl sites for hydroxylation is 3. The van der Waals surface area contributed by atoms with Crippen LogP contribution in [0.5, 0.6) is 17.2 Å². The molecule has 232 valence electrons. The minimum atomic E-state index is -4.21. The fourth-order valence-electron chi connectivity index (χ4n) is 5.03. The Kier molecular flexibility index (Phi) is 10.00. The number of nitrogens with one attached hydrogen (secondary N) is 1. The summed E-state index contributed by atoms with van der Waals surface area (Å²) in [5, 5.41) is 4.16. The average Bonchev–Trinajstić information content (AvgIpc) is 3.27. The number of aromatic nitrogens is 1. The van der Waals surface area contributed by atoms with E-state index >= 15 is 0 Å². The van der Waals surface area contributed by atoms with Gasteiger partial charge in [-0.25, -0.2) is 13.8 Å². The molecule has 0 saturated heterocycles. The van der Waals surface area contributed by atoms with Gasteiger partial charge in [0.15, 0.2) is 11.5 Å². The molecule has 0 aliphatic carbocycles. The molecule has 44 heavy (non-hydrogen) atoms. The number of amides is 1. The minimum Gasteiger partial charge on any atom is -0.494 e. The summed E-state index contributed by atoms with van der Waals surface area (Å²) in [4.78, 5) is 13.1. The van der Waals surface area contributed by atoms with Gasteiger partial charge >= 0.3 is 0 Å². The molecular weight excluding hydrogens is 580 g/mol. The van der Waals surface area contributed by atoms with Crippen molar-refractivity contribution in [3.05, 3.63) is 94.8 Å². The van der Waals surface area contributed by atoms with Gasteiger partial charge in [-0.05, 0) is 100 Å². The predicted molar refractivity (Wildman–Crippen MR) is 172 cm³/mol.